The second-order valence-corrected chi connectivity index (χ2v) is 10.6. The zero-order valence-corrected chi connectivity index (χ0v) is 20.2. The van der Waals surface area contributed by atoms with Gasteiger partial charge >= 0.3 is 0 Å². The Balaban J connectivity index is 1.68. The molecule has 2 saturated heterocycles. The lowest BCUT2D eigenvalue weighted by atomic mass is 9.99. The fourth-order valence-corrected chi connectivity index (χ4v) is 5.60. The Kier molecular flexibility index (Phi) is 7.04. The third-order valence-electron chi connectivity index (χ3n) is 5.95. The van der Waals surface area contributed by atoms with Crippen LogP contribution in [0.15, 0.2) is 47.4 Å². The molecular formula is C23H27ClN4O4S. The van der Waals surface area contributed by atoms with Crippen molar-refractivity contribution in [1.82, 2.24) is 19.5 Å². The summed E-state index contributed by atoms with van der Waals surface area (Å²) in [6, 6.07) is 10.1. The van der Waals surface area contributed by atoms with Gasteiger partial charge in [-0.05, 0) is 43.3 Å². The largest absolute Gasteiger partial charge is 0.480 e. The lowest BCUT2D eigenvalue weighted by Gasteiger charge is -2.31. The van der Waals surface area contributed by atoms with Crippen molar-refractivity contribution in [1.29, 1.82) is 0 Å². The molecule has 0 aliphatic carbocycles. The Bertz CT molecular complexity index is 1160. The molecular weight excluding hydrogens is 464 g/mol. The normalized spacial score (nSPS) is 20.6. The van der Waals surface area contributed by atoms with Gasteiger partial charge in [-0.15, -0.1) is 0 Å². The van der Waals surface area contributed by atoms with E-state index in [4.69, 9.17) is 16.3 Å². The minimum atomic E-state index is -3.56. The summed E-state index contributed by atoms with van der Waals surface area (Å²) in [6.45, 7) is 2.37. The third-order valence-corrected chi connectivity index (χ3v) is 8.15. The van der Waals surface area contributed by atoms with E-state index in [2.05, 4.69) is 15.2 Å². The van der Waals surface area contributed by atoms with Crippen molar-refractivity contribution in [2.45, 2.75) is 23.8 Å². The Hall–Kier alpha value is -2.46. The maximum atomic E-state index is 13.1. The maximum Gasteiger partial charge on any atom is 0.243 e. The summed E-state index contributed by atoms with van der Waals surface area (Å²) in [4.78, 5) is 18.6. The van der Waals surface area contributed by atoms with Crippen molar-refractivity contribution < 1.29 is 17.9 Å². The van der Waals surface area contributed by atoms with E-state index in [9.17, 15) is 13.2 Å². The molecule has 2 fully saturated rings. The van der Waals surface area contributed by atoms with Crippen LogP contribution in [0.25, 0.3) is 5.57 Å². The summed E-state index contributed by atoms with van der Waals surface area (Å²) in [7, 11) is -0.0795. The van der Waals surface area contributed by atoms with E-state index in [1.807, 2.05) is 13.1 Å². The number of aromatic nitrogens is 1. The quantitative estimate of drug-likeness (QED) is 0.668. The van der Waals surface area contributed by atoms with Gasteiger partial charge in [-0.3, -0.25) is 4.79 Å². The summed E-state index contributed by atoms with van der Waals surface area (Å²) < 4.78 is 33.0. The number of nitrogens with zero attached hydrogens (tertiary/aromatic N) is 3. The zero-order valence-electron chi connectivity index (χ0n) is 18.6. The molecule has 3 heterocycles. The second-order valence-electron chi connectivity index (χ2n) is 8.21. The van der Waals surface area contributed by atoms with Gasteiger partial charge in [0.15, 0.2) is 0 Å². The molecule has 33 heavy (non-hydrogen) atoms. The predicted molar refractivity (Wildman–Crippen MR) is 127 cm³/mol. The Morgan fingerprint density at radius 3 is 2.45 bits per heavy atom. The molecule has 10 heteroatoms. The Labute approximate surface area is 199 Å². The van der Waals surface area contributed by atoms with Crippen molar-refractivity contribution >= 4 is 33.1 Å². The smallest absolute Gasteiger partial charge is 0.243 e. The molecule has 0 radical (unpaired) electrons. The second kappa shape index (κ2) is 9.80. The minimum absolute atomic E-state index is 0.00543. The number of likely N-dealkylation sites (N-methyl/N-ethyl adjacent to an activating group) is 1. The molecule has 1 amide bonds. The number of methoxy groups -OCH3 is 1. The number of halogens is 1. The van der Waals surface area contributed by atoms with E-state index < -0.39 is 10.0 Å². The number of pyridine rings is 1. The molecule has 1 aromatic heterocycles. The van der Waals surface area contributed by atoms with Gasteiger partial charge in [0.2, 0.25) is 21.8 Å². The first kappa shape index (κ1) is 23.7. The molecule has 2 aliphatic rings. The van der Waals surface area contributed by atoms with Gasteiger partial charge in [-0.2, -0.15) is 4.31 Å². The van der Waals surface area contributed by atoms with E-state index in [0.717, 1.165) is 11.1 Å². The summed E-state index contributed by atoms with van der Waals surface area (Å²) in [5, 5.41) is 3.33. The lowest BCUT2D eigenvalue weighted by molar-refractivity contribution is -0.119. The molecule has 0 bridgehead atoms. The summed E-state index contributed by atoms with van der Waals surface area (Å²) in [5.41, 5.74) is 2.16. The van der Waals surface area contributed by atoms with Gasteiger partial charge in [0.1, 0.15) is 5.02 Å². The maximum absolute atomic E-state index is 13.1. The summed E-state index contributed by atoms with van der Waals surface area (Å²) >= 11 is 6.15. The van der Waals surface area contributed by atoms with Crippen LogP contribution in [0.4, 0.5) is 0 Å². The van der Waals surface area contributed by atoms with Crippen LogP contribution in [0.1, 0.15) is 24.1 Å². The van der Waals surface area contributed by atoms with E-state index in [1.165, 1.54) is 11.4 Å². The number of amides is 1. The van der Waals surface area contributed by atoms with Crippen LogP contribution in [0.3, 0.4) is 0 Å². The number of rotatable bonds is 6. The minimum Gasteiger partial charge on any atom is -0.480 e. The van der Waals surface area contributed by atoms with Crippen molar-refractivity contribution in [3.8, 4) is 5.88 Å². The van der Waals surface area contributed by atoms with Crippen molar-refractivity contribution in [2.75, 3.05) is 40.3 Å². The van der Waals surface area contributed by atoms with Crippen LogP contribution >= 0.6 is 11.6 Å². The standard InChI is InChI=1S/C23H27ClN4O4S/c1-27-11-13-28(14-12-27)33(30,31)18-6-3-16(4-7-18)19(15-17-5-10-22(29)25-17)21-9-8-20(24)23(26-21)32-2/h3-4,6-9,15,17H,5,10-14H2,1-2H3,(H,25,29)/t17-/m1/s1. The van der Waals surface area contributed by atoms with Crippen LogP contribution in [-0.4, -0.2) is 74.9 Å². The third kappa shape index (κ3) is 5.22. The van der Waals surface area contributed by atoms with Crippen LogP contribution < -0.4 is 10.1 Å². The first-order chi connectivity index (χ1) is 15.8. The highest BCUT2D eigenvalue weighted by Gasteiger charge is 2.27. The molecule has 1 aromatic carbocycles. The fourth-order valence-electron chi connectivity index (χ4n) is 3.99. The highest BCUT2D eigenvalue weighted by atomic mass is 35.5. The van der Waals surface area contributed by atoms with Crippen molar-refractivity contribution in [3.05, 3.63) is 58.8 Å². The first-order valence-electron chi connectivity index (χ1n) is 10.8. The molecule has 176 valence electrons. The molecule has 1 atom stereocenters. The SMILES string of the molecule is COc1nc(C(=C[C@H]2CCC(=O)N2)c2ccc(S(=O)(=O)N3CCN(C)CC3)cc2)ccc1Cl. The van der Waals surface area contributed by atoms with Gasteiger partial charge in [0.25, 0.3) is 0 Å². The fraction of sp³-hybridized carbons (Fsp3) is 0.391. The predicted octanol–water partition coefficient (Wildman–Crippen LogP) is 2.39. The van der Waals surface area contributed by atoms with Crippen molar-refractivity contribution in [3.63, 3.8) is 0 Å². The number of nitrogens with one attached hydrogen (secondary N) is 1. The molecule has 1 N–H and O–H groups in total. The summed E-state index contributed by atoms with van der Waals surface area (Å²) in [5.74, 6) is 0.302. The van der Waals surface area contributed by atoms with Gasteiger partial charge in [-0.1, -0.05) is 29.8 Å². The number of hydrogen-bond donors (Lipinski definition) is 1. The van der Waals surface area contributed by atoms with Crippen LogP contribution in [0.2, 0.25) is 5.02 Å². The molecule has 4 rings (SSSR count). The number of carbonyl (C=O) groups is 1. The van der Waals surface area contributed by atoms with E-state index in [-0.39, 0.29) is 16.8 Å². The van der Waals surface area contributed by atoms with Crippen LogP contribution in [0, 0.1) is 0 Å². The molecule has 2 aromatic rings. The van der Waals surface area contributed by atoms with Gasteiger partial charge < -0.3 is 15.0 Å². The van der Waals surface area contributed by atoms with Crippen LogP contribution in [0.5, 0.6) is 5.88 Å². The number of piperazine rings is 1. The van der Waals surface area contributed by atoms with Gasteiger partial charge in [-0.25, -0.2) is 13.4 Å². The van der Waals surface area contributed by atoms with E-state index >= 15 is 0 Å². The molecule has 0 spiro atoms. The highest BCUT2D eigenvalue weighted by Crippen LogP contribution is 2.30. The molecule has 0 unspecified atom stereocenters. The number of hydrogen-bond acceptors (Lipinski definition) is 6. The Morgan fingerprint density at radius 2 is 1.85 bits per heavy atom. The highest BCUT2D eigenvalue weighted by molar-refractivity contribution is 7.89. The van der Waals surface area contributed by atoms with E-state index in [0.29, 0.717) is 55.6 Å². The monoisotopic (exact) mass is 490 g/mol. The first-order valence-corrected chi connectivity index (χ1v) is 12.6. The van der Waals surface area contributed by atoms with Crippen molar-refractivity contribution in [2.24, 2.45) is 0 Å². The average Bonchev–Trinajstić information content (AvgIpc) is 3.23. The number of sulfonamides is 1. The van der Waals surface area contributed by atoms with Gasteiger partial charge in [0.05, 0.1) is 17.7 Å². The average molecular weight is 491 g/mol. The number of benzene rings is 1. The topological polar surface area (TPSA) is 91.8 Å². The van der Waals surface area contributed by atoms with E-state index in [1.54, 1.807) is 36.4 Å². The zero-order chi connectivity index (χ0) is 23.6. The number of carbonyl (C=O) groups excluding carboxylic acids is 1. The van der Waals surface area contributed by atoms with Gasteiger partial charge in [0, 0.05) is 44.2 Å². The molecule has 2 aliphatic heterocycles. The Morgan fingerprint density at radius 1 is 1.15 bits per heavy atom. The molecule has 8 nitrogen and oxygen atoms in total. The summed E-state index contributed by atoms with van der Waals surface area (Å²) in [6.07, 6.45) is 3.10. The lowest BCUT2D eigenvalue weighted by Crippen LogP contribution is -2.46. The molecule has 0 saturated carbocycles. The number of ether oxygens (including phenoxy) is 1. The van der Waals surface area contributed by atoms with Crippen LogP contribution in [-0.2, 0) is 14.8 Å².